The minimum atomic E-state index is -5.57. The molecule has 0 saturated carbocycles. The highest BCUT2D eigenvalue weighted by molar-refractivity contribution is 7.92. The van der Waals surface area contributed by atoms with Gasteiger partial charge in [0.15, 0.2) is 0 Å². The first-order valence-electron chi connectivity index (χ1n) is 11.0. The molecule has 2 aromatic carbocycles. The molecule has 1 fully saturated rings. The number of urea groups is 2. The van der Waals surface area contributed by atoms with E-state index < -0.39 is 38.2 Å². The van der Waals surface area contributed by atoms with Crippen molar-refractivity contribution in [3.8, 4) is 0 Å². The number of pyridine rings is 1. The van der Waals surface area contributed by atoms with Crippen LogP contribution in [0.4, 0.5) is 34.1 Å². The van der Waals surface area contributed by atoms with Crippen molar-refractivity contribution < 1.29 is 36.0 Å². The molecule has 4 rings (SSSR count). The fourth-order valence-corrected chi connectivity index (χ4v) is 4.42. The molecule has 14 heteroatoms. The number of aromatic nitrogens is 1. The average molecular weight is 548 g/mol. The Hall–Kier alpha value is -4.46. The molecule has 38 heavy (non-hydrogen) atoms. The van der Waals surface area contributed by atoms with E-state index in [4.69, 9.17) is 0 Å². The van der Waals surface area contributed by atoms with Crippen LogP contribution in [0, 0.1) is 0 Å². The highest BCUT2D eigenvalue weighted by atomic mass is 32.2. The van der Waals surface area contributed by atoms with Crippen LogP contribution in [0.25, 0.3) is 0 Å². The third-order valence-electron chi connectivity index (χ3n) is 5.56. The molecule has 10 nitrogen and oxygen atoms in total. The Bertz CT molecular complexity index is 1460. The number of carbonyl (C=O) groups excluding carboxylic acids is 3. The minimum absolute atomic E-state index is 0.0849. The summed E-state index contributed by atoms with van der Waals surface area (Å²) < 4.78 is 61.5. The van der Waals surface area contributed by atoms with Crippen molar-refractivity contribution in [1.29, 1.82) is 0 Å². The lowest BCUT2D eigenvalue weighted by atomic mass is 10.2. The number of hydrogen-bond donors (Lipinski definition) is 2. The molecule has 0 radical (unpaired) electrons. The largest absolute Gasteiger partial charge is 0.501 e. The van der Waals surface area contributed by atoms with E-state index in [1.807, 2.05) is 30.3 Å². The van der Waals surface area contributed by atoms with Gasteiger partial charge in [0.05, 0.1) is 29.0 Å². The first-order chi connectivity index (χ1) is 18.0. The standard InChI is InChI=1S/C24H20F3N5O5S/c25-24(26,27)38(36,37)19-8-6-18(7-9-19)32-21(33)15-31(23(32)35)14-17-10-11-28-13-20(17)30-22(34)29-12-16-4-2-1-3-5-16/h1-11,13H,12,14-15H2,(H2,29,30,34). The van der Waals surface area contributed by atoms with Gasteiger partial charge in [0.2, 0.25) is 0 Å². The maximum absolute atomic E-state index is 13.0. The van der Waals surface area contributed by atoms with E-state index in [0.717, 1.165) is 22.6 Å². The third-order valence-corrected chi connectivity index (χ3v) is 7.07. The van der Waals surface area contributed by atoms with Crippen LogP contribution in [-0.4, -0.2) is 48.3 Å². The van der Waals surface area contributed by atoms with E-state index in [-0.39, 0.29) is 25.3 Å². The summed E-state index contributed by atoms with van der Waals surface area (Å²) in [5, 5.41) is 5.36. The van der Waals surface area contributed by atoms with Gasteiger partial charge in [0.25, 0.3) is 15.7 Å². The maximum Gasteiger partial charge on any atom is 0.501 e. The molecular weight excluding hydrogens is 527 g/mol. The first-order valence-corrected chi connectivity index (χ1v) is 12.5. The zero-order valence-corrected chi connectivity index (χ0v) is 20.3. The monoisotopic (exact) mass is 547 g/mol. The number of hydrogen-bond acceptors (Lipinski definition) is 6. The lowest BCUT2D eigenvalue weighted by molar-refractivity contribution is -0.116. The second kappa shape index (κ2) is 10.5. The van der Waals surface area contributed by atoms with Gasteiger partial charge in [-0.25, -0.2) is 22.9 Å². The Labute approximate surface area is 215 Å². The normalized spacial score (nSPS) is 14.1. The molecule has 2 heterocycles. The molecule has 198 valence electrons. The van der Waals surface area contributed by atoms with Gasteiger partial charge in [-0.1, -0.05) is 30.3 Å². The summed E-state index contributed by atoms with van der Waals surface area (Å²) in [6.07, 6.45) is 2.83. The van der Waals surface area contributed by atoms with Gasteiger partial charge in [-0.2, -0.15) is 13.2 Å². The van der Waals surface area contributed by atoms with E-state index >= 15 is 0 Å². The summed E-state index contributed by atoms with van der Waals surface area (Å²) in [7, 11) is -5.57. The second-order valence-electron chi connectivity index (χ2n) is 8.14. The lowest BCUT2D eigenvalue weighted by Crippen LogP contribution is -2.33. The van der Waals surface area contributed by atoms with Crippen molar-refractivity contribution >= 4 is 39.2 Å². The number of benzene rings is 2. The Kier molecular flexibility index (Phi) is 7.35. The van der Waals surface area contributed by atoms with Gasteiger partial charge in [-0.05, 0) is 41.5 Å². The molecule has 2 N–H and O–H groups in total. The van der Waals surface area contributed by atoms with Gasteiger partial charge >= 0.3 is 17.6 Å². The number of carbonyl (C=O) groups is 3. The topological polar surface area (TPSA) is 129 Å². The Balaban J connectivity index is 1.44. The van der Waals surface area contributed by atoms with Gasteiger partial charge in [-0.15, -0.1) is 0 Å². The van der Waals surface area contributed by atoms with Crippen molar-refractivity contribution in [3.63, 3.8) is 0 Å². The fourth-order valence-electron chi connectivity index (χ4n) is 3.66. The molecule has 1 aliphatic heterocycles. The van der Waals surface area contributed by atoms with Crippen LogP contribution < -0.4 is 15.5 Å². The molecule has 1 aliphatic rings. The summed E-state index contributed by atoms with van der Waals surface area (Å²) in [6, 6.07) is 12.8. The molecule has 0 unspecified atom stereocenters. The highest BCUT2D eigenvalue weighted by Gasteiger charge is 2.47. The number of nitrogens with zero attached hydrogens (tertiary/aromatic N) is 3. The number of anilines is 2. The van der Waals surface area contributed by atoms with Crippen LogP contribution in [-0.2, 0) is 27.7 Å². The van der Waals surface area contributed by atoms with Gasteiger partial charge in [0.1, 0.15) is 6.54 Å². The van der Waals surface area contributed by atoms with E-state index in [0.29, 0.717) is 23.4 Å². The molecule has 0 atom stereocenters. The smallest absolute Gasteiger partial charge is 0.334 e. The molecule has 0 spiro atoms. The number of sulfone groups is 1. The summed E-state index contributed by atoms with van der Waals surface area (Å²) in [4.78, 5) is 42.8. The van der Waals surface area contributed by atoms with E-state index in [1.54, 1.807) is 6.07 Å². The zero-order chi connectivity index (χ0) is 27.5. The number of amides is 5. The first kappa shape index (κ1) is 26.6. The predicted octanol–water partition coefficient (Wildman–Crippen LogP) is 3.67. The van der Waals surface area contributed by atoms with Crippen molar-refractivity contribution in [1.82, 2.24) is 15.2 Å². The van der Waals surface area contributed by atoms with E-state index in [1.165, 1.54) is 17.3 Å². The van der Waals surface area contributed by atoms with Gasteiger partial charge in [-0.3, -0.25) is 9.78 Å². The lowest BCUT2D eigenvalue weighted by Gasteiger charge is -2.19. The van der Waals surface area contributed by atoms with Crippen molar-refractivity contribution in [3.05, 3.63) is 84.2 Å². The van der Waals surface area contributed by atoms with Crippen molar-refractivity contribution in [2.45, 2.75) is 23.5 Å². The van der Waals surface area contributed by atoms with Crippen LogP contribution in [0.15, 0.2) is 78.0 Å². The number of imide groups is 1. The van der Waals surface area contributed by atoms with Crippen LogP contribution in [0.1, 0.15) is 11.1 Å². The highest BCUT2D eigenvalue weighted by Crippen LogP contribution is 2.32. The van der Waals surface area contributed by atoms with Crippen LogP contribution in [0.2, 0.25) is 0 Å². The van der Waals surface area contributed by atoms with Gasteiger partial charge in [0, 0.05) is 12.7 Å². The minimum Gasteiger partial charge on any atom is -0.334 e. The number of rotatable bonds is 7. The summed E-state index contributed by atoms with van der Waals surface area (Å²) in [5.74, 6) is -0.661. The quantitative estimate of drug-likeness (QED) is 0.435. The molecule has 1 aromatic heterocycles. The number of halogens is 3. The Morgan fingerprint density at radius 3 is 2.34 bits per heavy atom. The maximum atomic E-state index is 13.0. The molecule has 5 amide bonds. The third kappa shape index (κ3) is 5.59. The summed E-state index contributed by atoms with van der Waals surface area (Å²) >= 11 is 0. The van der Waals surface area contributed by atoms with Gasteiger partial charge < -0.3 is 15.5 Å². The molecule has 1 saturated heterocycles. The second-order valence-corrected chi connectivity index (χ2v) is 10.1. The molecule has 0 bridgehead atoms. The Morgan fingerprint density at radius 1 is 1.00 bits per heavy atom. The van der Waals surface area contributed by atoms with E-state index in [9.17, 15) is 36.0 Å². The molecular formula is C24H20F3N5O5S. The van der Waals surface area contributed by atoms with Crippen molar-refractivity contribution in [2.75, 3.05) is 16.8 Å². The van der Waals surface area contributed by atoms with Crippen LogP contribution in [0.5, 0.6) is 0 Å². The molecule has 0 aliphatic carbocycles. The predicted molar refractivity (Wildman–Crippen MR) is 130 cm³/mol. The Morgan fingerprint density at radius 2 is 1.68 bits per heavy atom. The SMILES string of the molecule is O=C(NCc1ccccc1)Nc1cnccc1CN1CC(=O)N(c2ccc(S(=O)(=O)C(F)(F)F)cc2)C1=O. The fraction of sp³-hybridized carbons (Fsp3) is 0.167. The van der Waals surface area contributed by atoms with Crippen molar-refractivity contribution in [2.24, 2.45) is 0 Å². The molecule has 3 aromatic rings. The zero-order valence-electron chi connectivity index (χ0n) is 19.5. The summed E-state index contributed by atoms with van der Waals surface area (Å²) in [6.45, 7) is -0.152. The van der Waals surface area contributed by atoms with E-state index in [2.05, 4.69) is 15.6 Å². The summed E-state index contributed by atoms with van der Waals surface area (Å²) in [5.41, 5.74) is -3.90. The average Bonchev–Trinajstić information content (AvgIpc) is 3.16. The number of nitrogens with one attached hydrogen (secondary N) is 2. The van der Waals surface area contributed by atoms with Crippen LogP contribution in [0.3, 0.4) is 0 Å². The number of alkyl halides is 3. The van der Waals surface area contributed by atoms with Crippen LogP contribution >= 0.6 is 0 Å².